The maximum Gasteiger partial charge on any atom is 0.339 e. The molecule has 3 rings (SSSR count). The molecule has 0 aromatic heterocycles. The van der Waals surface area contributed by atoms with Crippen molar-refractivity contribution in [1.82, 2.24) is 0 Å². The Morgan fingerprint density at radius 1 is 0.893 bits per heavy atom. The number of aryl methyl sites for hydroxylation is 1. The monoisotopic (exact) mass is 375 g/mol. The van der Waals surface area contributed by atoms with Crippen LogP contribution in [0.1, 0.15) is 27.6 Å². The van der Waals surface area contributed by atoms with Crippen LogP contribution >= 0.6 is 0 Å². The third-order valence-corrected chi connectivity index (χ3v) is 4.27. The van der Waals surface area contributed by atoms with Crippen LogP contribution in [-0.2, 0) is 9.53 Å². The number of anilines is 1. The Morgan fingerprint density at radius 2 is 1.61 bits per heavy atom. The number of carbonyl (C=O) groups excluding carboxylic acids is 2. The SMILES string of the molecule is COc1cccc(NC(=O)[C@H](OC(=O)c2ccccc2C)c2ccccc2)c1. The molecule has 0 fully saturated rings. The number of benzene rings is 3. The first kappa shape index (κ1) is 19.2. The van der Waals surface area contributed by atoms with E-state index < -0.39 is 18.0 Å². The van der Waals surface area contributed by atoms with E-state index >= 15 is 0 Å². The molecule has 0 radical (unpaired) electrons. The molecule has 28 heavy (non-hydrogen) atoms. The van der Waals surface area contributed by atoms with E-state index in [0.717, 1.165) is 5.56 Å². The Kier molecular flexibility index (Phi) is 6.07. The van der Waals surface area contributed by atoms with Crippen molar-refractivity contribution in [3.8, 4) is 5.75 Å². The second-order valence-electron chi connectivity index (χ2n) is 6.23. The minimum atomic E-state index is -1.08. The van der Waals surface area contributed by atoms with Gasteiger partial charge in [0.1, 0.15) is 5.75 Å². The molecule has 0 aliphatic rings. The van der Waals surface area contributed by atoms with Gasteiger partial charge in [-0.15, -0.1) is 0 Å². The maximum absolute atomic E-state index is 12.9. The van der Waals surface area contributed by atoms with Crippen LogP contribution in [0.25, 0.3) is 0 Å². The van der Waals surface area contributed by atoms with E-state index in [2.05, 4.69) is 5.32 Å². The minimum absolute atomic E-state index is 0.428. The van der Waals surface area contributed by atoms with Gasteiger partial charge in [0.2, 0.25) is 6.10 Å². The van der Waals surface area contributed by atoms with Crippen LogP contribution in [0.3, 0.4) is 0 Å². The number of esters is 1. The first-order valence-corrected chi connectivity index (χ1v) is 8.85. The molecular formula is C23H21NO4. The zero-order valence-electron chi connectivity index (χ0n) is 15.7. The Hall–Kier alpha value is -3.60. The topological polar surface area (TPSA) is 64.6 Å². The largest absolute Gasteiger partial charge is 0.497 e. The highest BCUT2D eigenvalue weighted by molar-refractivity contribution is 5.98. The van der Waals surface area contributed by atoms with Crippen molar-refractivity contribution < 1.29 is 19.1 Å². The van der Waals surface area contributed by atoms with Gasteiger partial charge in [0.15, 0.2) is 0 Å². The van der Waals surface area contributed by atoms with Crippen LogP contribution in [0.2, 0.25) is 0 Å². The number of ether oxygens (including phenoxy) is 2. The molecule has 5 heteroatoms. The Balaban J connectivity index is 1.86. The summed E-state index contributed by atoms with van der Waals surface area (Å²) in [6.45, 7) is 1.82. The summed E-state index contributed by atoms with van der Waals surface area (Å²) in [6, 6.07) is 23.0. The van der Waals surface area contributed by atoms with Crippen LogP contribution in [0.15, 0.2) is 78.9 Å². The van der Waals surface area contributed by atoms with Crippen molar-refractivity contribution in [3.63, 3.8) is 0 Å². The number of carbonyl (C=O) groups is 2. The lowest BCUT2D eigenvalue weighted by atomic mass is 10.1. The van der Waals surface area contributed by atoms with Gasteiger partial charge in [0.05, 0.1) is 12.7 Å². The lowest BCUT2D eigenvalue weighted by Gasteiger charge is -2.19. The molecule has 0 heterocycles. The van der Waals surface area contributed by atoms with E-state index in [1.807, 2.05) is 25.1 Å². The highest BCUT2D eigenvalue weighted by Crippen LogP contribution is 2.24. The van der Waals surface area contributed by atoms with Crippen LogP contribution in [0.5, 0.6) is 5.75 Å². The molecule has 1 atom stereocenters. The third kappa shape index (κ3) is 4.57. The lowest BCUT2D eigenvalue weighted by Crippen LogP contribution is -2.26. The van der Waals surface area contributed by atoms with Crippen LogP contribution in [0, 0.1) is 6.92 Å². The normalized spacial score (nSPS) is 11.4. The lowest BCUT2D eigenvalue weighted by molar-refractivity contribution is -0.125. The van der Waals surface area contributed by atoms with Crippen molar-refractivity contribution in [2.45, 2.75) is 13.0 Å². The summed E-state index contributed by atoms with van der Waals surface area (Å²) >= 11 is 0. The van der Waals surface area contributed by atoms with E-state index in [1.54, 1.807) is 67.8 Å². The highest BCUT2D eigenvalue weighted by atomic mass is 16.5. The Morgan fingerprint density at radius 3 is 2.32 bits per heavy atom. The molecule has 0 aliphatic heterocycles. The molecule has 1 amide bonds. The predicted molar refractivity (Wildman–Crippen MR) is 107 cm³/mol. The first-order chi connectivity index (χ1) is 13.6. The second-order valence-corrected chi connectivity index (χ2v) is 6.23. The Labute approximate surface area is 163 Å². The van der Waals surface area contributed by atoms with E-state index in [4.69, 9.17) is 9.47 Å². The van der Waals surface area contributed by atoms with Crippen molar-refractivity contribution in [2.75, 3.05) is 12.4 Å². The average molecular weight is 375 g/mol. The molecule has 5 nitrogen and oxygen atoms in total. The molecule has 0 bridgehead atoms. The highest BCUT2D eigenvalue weighted by Gasteiger charge is 2.26. The fourth-order valence-electron chi connectivity index (χ4n) is 2.78. The average Bonchev–Trinajstić information content (AvgIpc) is 2.73. The second kappa shape index (κ2) is 8.86. The number of amides is 1. The number of hydrogen-bond acceptors (Lipinski definition) is 4. The van der Waals surface area contributed by atoms with Crippen molar-refractivity contribution in [1.29, 1.82) is 0 Å². The summed E-state index contributed by atoms with van der Waals surface area (Å²) in [5.74, 6) is -0.375. The molecule has 0 saturated carbocycles. The number of rotatable bonds is 6. The van der Waals surface area contributed by atoms with E-state index in [9.17, 15) is 9.59 Å². The van der Waals surface area contributed by atoms with Gasteiger partial charge in [0.25, 0.3) is 5.91 Å². The standard InChI is InChI=1S/C23H21NO4/c1-16-9-6-7-14-20(16)23(26)28-21(17-10-4-3-5-11-17)22(25)24-18-12-8-13-19(15-18)27-2/h3-15,21H,1-2H3,(H,24,25)/t21-/m1/s1. The molecule has 1 N–H and O–H groups in total. The van der Waals surface area contributed by atoms with Crippen LogP contribution in [0.4, 0.5) is 5.69 Å². The summed E-state index contributed by atoms with van der Waals surface area (Å²) < 4.78 is 10.8. The van der Waals surface area contributed by atoms with Gasteiger partial charge >= 0.3 is 5.97 Å². The Bertz CT molecular complexity index is 969. The van der Waals surface area contributed by atoms with Crippen LogP contribution < -0.4 is 10.1 Å². The summed E-state index contributed by atoms with van der Waals surface area (Å²) in [4.78, 5) is 25.6. The molecule has 3 aromatic carbocycles. The predicted octanol–water partition coefficient (Wildman–Crippen LogP) is 4.54. The van der Waals surface area contributed by atoms with E-state index in [0.29, 0.717) is 22.6 Å². The number of nitrogens with one attached hydrogen (secondary N) is 1. The first-order valence-electron chi connectivity index (χ1n) is 8.85. The zero-order valence-corrected chi connectivity index (χ0v) is 15.7. The van der Waals surface area contributed by atoms with Gasteiger partial charge in [-0.2, -0.15) is 0 Å². The van der Waals surface area contributed by atoms with Gasteiger partial charge in [-0.05, 0) is 30.7 Å². The van der Waals surface area contributed by atoms with Crippen LogP contribution in [-0.4, -0.2) is 19.0 Å². The van der Waals surface area contributed by atoms with Gasteiger partial charge in [-0.25, -0.2) is 4.79 Å². The van der Waals surface area contributed by atoms with Gasteiger partial charge in [0, 0.05) is 17.3 Å². The molecule has 142 valence electrons. The van der Waals surface area contributed by atoms with E-state index in [1.165, 1.54) is 0 Å². The summed E-state index contributed by atoms with van der Waals surface area (Å²) in [5, 5.41) is 2.79. The van der Waals surface area contributed by atoms with Gasteiger partial charge < -0.3 is 14.8 Å². The van der Waals surface area contributed by atoms with Crippen molar-refractivity contribution in [3.05, 3.63) is 95.6 Å². The molecule has 0 saturated heterocycles. The van der Waals surface area contributed by atoms with E-state index in [-0.39, 0.29) is 0 Å². The minimum Gasteiger partial charge on any atom is -0.497 e. The third-order valence-electron chi connectivity index (χ3n) is 4.27. The molecular weight excluding hydrogens is 354 g/mol. The zero-order chi connectivity index (χ0) is 19.9. The van der Waals surface area contributed by atoms with Gasteiger partial charge in [-0.3, -0.25) is 4.79 Å². The number of hydrogen-bond donors (Lipinski definition) is 1. The summed E-state index contributed by atoms with van der Waals surface area (Å²) in [7, 11) is 1.55. The molecule has 0 spiro atoms. The molecule has 0 aliphatic carbocycles. The summed E-state index contributed by atoms with van der Waals surface area (Å²) in [6.07, 6.45) is -1.08. The smallest absolute Gasteiger partial charge is 0.339 e. The molecule has 0 unspecified atom stereocenters. The summed E-state index contributed by atoms with van der Waals surface area (Å²) in [5.41, 5.74) is 2.35. The van der Waals surface area contributed by atoms with Crippen molar-refractivity contribution >= 4 is 17.6 Å². The number of methoxy groups -OCH3 is 1. The van der Waals surface area contributed by atoms with Crippen molar-refractivity contribution in [2.24, 2.45) is 0 Å². The fourth-order valence-corrected chi connectivity index (χ4v) is 2.78. The van der Waals surface area contributed by atoms with Gasteiger partial charge in [-0.1, -0.05) is 54.6 Å². The molecule has 3 aromatic rings. The quantitative estimate of drug-likeness (QED) is 0.643. The maximum atomic E-state index is 12.9. The fraction of sp³-hybridized carbons (Fsp3) is 0.130.